The Kier molecular flexibility index (Phi) is 4.30. The number of anilines is 1. The highest BCUT2D eigenvalue weighted by molar-refractivity contribution is 5.92. The molecule has 0 saturated carbocycles. The van der Waals surface area contributed by atoms with Crippen LogP contribution in [0, 0.1) is 0 Å². The van der Waals surface area contributed by atoms with Gasteiger partial charge in [0.25, 0.3) is 0 Å². The molecule has 0 saturated heterocycles. The molecule has 0 unspecified atom stereocenters. The normalized spacial score (nSPS) is 10.4. The number of nitrogens with one attached hydrogen (secondary N) is 3. The summed E-state index contributed by atoms with van der Waals surface area (Å²) in [4.78, 5) is 15.7. The van der Waals surface area contributed by atoms with Crippen LogP contribution in [-0.4, -0.2) is 24.6 Å². The van der Waals surface area contributed by atoms with E-state index in [0.717, 1.165) is 17.3 Å². The summed E-state index contributed by atoms with van der Waals surface area (Å²) in [5.74, 6) is 0.556. The zero-order valence-corrected chi connectivity index (χ0v) is 11.2. The third kappa shape index (κ3) is 3.20. The first-order valence-corrected chi connectivity index (χ1v) is 6.31. The van der Waals surface area contributed by atoms with Crippen molar-refractivity contribution in [2.24, 2.45) is 0 Å². The van der Waals surface area contributed by atoms with Crippen LogP contribution in [0.2, 0.25) is 0 Å². The van der Waals surface area contributed by atoms with Crippen molar-refractivity contribution in [1.29, 1.82) is 0 Å². The minimum atomic E-state index is -0.235. The van der Waals surface area contributed by atoms with Crippen LogP contribution < -0.4 is 16.0 Å². The molecule has 3 N–H and O–H groups in total. The van der Waals surface area contributed by atoms with E-state index in [-0.39, 0.29) is 6.03 Å². The summed E-state index contributed by atoms with van der Waals surface area (Å²) in [6.45, 7) is 3.26. The second kappa shape index (κ2) is 6.15. The lowest BCUT2D eigenvalue weighted by molar-refractivity contribution is 0.252. The van der Waals surface area contributed by atoms with Gasteiger partial charge >= 0.3 is 6.03 Å². The van der Waals surface area contributed by atoms with Gasteiger partial charge in [0.1, 0.15) is 5.82 Å². The number of fused-ring (bicyclic) bond motifs is 1. The fourth-order valence-corrected chi connectivity index (χ4v) is 1.97. The van der Waals surface area contributed by atoms with Crippen molar-refractivity contribution in [2.75, 3.05) is 18.9 Å². The number of urea groups is 1. The van der Waals surface area contributed by atoms with Crippen molar-refractivity contribution in [1.82, 2.24) is 15.6 Å². The third-order valence-electron chi connectivity index (χ3n) is 2.80. The van der Waals surface area contributed by atoms with Gasteiger partial charge in [-0.15, -0.1) is 0 Å². The molecule has 2 aromatic rings. The lowest BCUT2D eigenvalue weighted by atomic mass is 10.1. The zero-order chi connectivity index (χ0) is 13.7. The monoisotopic (exact) mass is 258 g/mol. The van der Waals surface area contributed by atoms with Crippen LogP contribution in [0.25, 0.3) is 10.8 Å². The Morgan fingerprint density at radius 1 is 1.37 bits per heavy atom. The number of hydrogen-bond acceptors (Lipinski definition) is 3. The van der Waals surface area contributed by atoms with Crippen LogP contribution in [0.1, 0.15) is 12.5 Å². The maximum atomic E-state index is 11.4. The summed E-state index contributed by atoms with van der Waals surface area (Å²) in [5, 5.41) is 10.7. The average Bonchev–Trinajstić information content (AvgIpc) is 2.39. The molecule has 19 heavy (non-hydrogen) atoms. The first-order valence-electron chi connectivity index (χ1n) is 6.31. The Hall–Kier alpha value is -2.14. The second-order valence-corrected chi connectivity index (χ2v) is 4.22. The molecule has 1 heterocycles. The lowest BCUT2D eigenvalue weighted by Gasteiger charge is -2.08. The second-order valence-electron chi connectivity index (χ2n) is 4.22. The predicted molar refractivity (Wildman–Crippen MR) is 77.2 cm³/mol. The molecule has 0 aliphatic carbocycles. The van der Waals surface area contributed by atoms with Crippen LogP contribution in [0.5, 0.6) is 0 Å². The molecule has 5 nitrogen and oxygen atoms in total. The molecule has 100 valence electrons. The molecule has 0 spiro atoms. The van der Waals surface area contributed by atoms with Crippen LogP contribution in [0.4, 0.5) is 10.6 Å². The number of amides is 2. The fourth-order valence-electron chi connectivity index (χ4n) is 1.97. The highest BCUT2D eigenvalue weighted by Gasteiger charge is 2.04. The maximum absolute atomic E-state index is 11.4. The number of carbonyl (C=O) groups excluding carboxylic acids is 1. The molecule has 5 heteroatoms. The summed E-state index contributed by atoms with van der Waals surface area (Å²) in [6, 6.07) is 7.73. The number of aromatic nitrogens is 1. The van der Waals surface area contributed by atoms with E-state index in [1.54, 1.807) is 6.20 Å². The Balaban J connectivity index is 2.28. The van der Waals surface area contributed by atoms with Crippen molar-refractivity contribution < 1.29 is 4.79 Å². The number of pyridine rings is 1. The van der Waals surface area contributed by atoms with Gasteiger partial charge < -0.3 is 10.6 Å². The highest BCUT2D eigenvalue weighted by atomic mass is 16.2. The first kappa shape index (κ1) is 13.3. The number of rotatable bonds is 4. The summed E-state index contributed by atoms with van der Waals surface area (Å²) in [5.41, 5.74) is 1.19. The standard InChI is InChI=1S/C14H18N4O/c1-3-16-14(19)18-13-7-10-5-4-6-11(8-15-2)12(10)9-17-13/h4-7,9,15H,3,8H2,1-2H3,(H2,16,17,18,19). The summed E-state index contributed by atoms with van der Waals surface area (Å²) in [7, 11) is 1.91. The predicted octanol–water partition coefficient (Wildman–Crippen LogP) is 2.10. The van der Waals surface area contributed by atoms with Crippen LogP contribution in [0.3, 0.4) is 0 Å². The SMILES string of the molecule is CCNC(=O)Nc1cc2cccc(CNC)c2cn1. The largest absolute Gasteiger partial charge is 0.338 e. The van der Waals surface area contributed by atoms with E-state index in [1.165, 1.54) is 5.56 Å². The topological polar surface area (TPSA) is 66.1 Å². The summed E-state index contributed by atoms with van der Waals surface area (Å²) in [6.07, 6.45) is 1.80. The number of nitrogens with zero attached hydrogens (tertiary/aromatic N) is 1. The third-order valence-corrected chi connectivity index (χ3v) is 2.80. The fraction of sp³-hybridized carbons (Fsp3) is 0.286. The molecule has 0 atom stereocenters. The van der Waals surface area contributed by atoms with Gasteiger partial charge in [-0.1, -0.05) is 18.2 Å². The minimum absolute atomic E-state index is 0.235. The molecule has 2 amide bonds. The van der Waals surface area contributed by atoms with Gasteiger partial charge in [0.05, 0.1) is 0 Å². The highest BCUT2D eigenvalue weighted by Crippen LogP contribution is 2.20. The minimum Gasteiger partial charge on any atom is -0.338 e. The van der Waals surface area contributed by atoms with Crippen molar-refractivity contribution in [3.63, 3.8) is 0 Å². The molecular weight excluding hydrogens is 240 g/mol. The van der Waals surface area contributed by atoms with Gasteiger partial charge in [-0.3, -0.25) is 5.32 Å². The number of hydrogen-bond donors (Lipinski definition) is 3. The molecule has 0 radical (unpaired) electrons. The van der Waals surface area contributed by atoms with Crippen molar-refractivity contribution >= 4 is 22.6 Å². The average molecular weight is 258 g/mol. The molecule has 0 bridgehead atoms. The molecule has 0 aliphatic rings. The molecule has 2 rings (SSSR count). The lowest BCUT2D eigenvalue weighted by Crippen LogP contribution is -2.28. The Bertz CT molecular complexity index is 583. The van der Waals surface area contributed by atoms with E-state index >= 15 is 0 Å². The number of benzene rings is 1. The number of carbonyl (C=O) groups is 1. The quantitative estimate of drug-likeness (QED) is 0.786. The van der Waals surface area contributed by atoms with Crippen LogP contribution in [0.15, 0.2) is 30.5 Å². The van der Waals surface area contributed by atoms with E-state index in [9.17, 15) is 4.79 Å². The Morgan fingerprint density at radius 3 is 2.95 bits per heavy atom. The molecule has 0 aliphatic heterocycles. The maximum Gasteiger partial charge on any atom is 0.320 e. The van der Waals surface area contributed by atoms with E-state index in [2.05, 4.69) is 27.0 Å². The van der Waals surface area contributed by atoms with Crippen LogP contribution >= 0.6 is 0 Å². The van der Waals surface area contributed by atoms with Crippen molar-refractivity contribution in [3.8, 4) is 0 Å². The Morgan fingerprint density at radius 2 is 2.21 bits per heavy atom. The first-order chi connectivity index (χ1) is 9.24. The van der Waals surface area contributed by atoms with Crippen LogP contribution in [-0.2, 0) is 6.54 Å². The van der Waals surface area contributed by atoms with E-state index < -0.39 is 0 Å². The summed E-state index contributed by atoms with van der Waals surface area (Å²) >= 11 is 0. The molecule has 0 fully saturated rings. The van der Waals surface area contributed by atoms with Crippen molar-refractivity contribution in [3.05, 3.63) is 36.0 Å². The Labute approximate surface area is 112 Å². The van der Waals surface area contributed by atoms with Gasteiger partial charge in [0, 0.05) is 24.7 Å². The van der Waals surface area contributed by atoms with Gasteiger partial charge in [-0.25, -0.2) is 9.78 Å². The molecular formula is C14H18N4O. The zero-order valence-electron chi connectivity index (χ0n) is 11.2. The van der Waals surface area contributed by atoms with Gasteiger partial charge in [-0.05, 0) is 31.0 Å². The smallest absolute Gasteiger partial charge is 0.320 e. The summed E-state index contributed by atoms with van der Waals surface area (Å²) < 4.78 is 0. The van der Waals surface area contributed by atoms with E-state index in [1.807, 2.05) is 32.2 Å². The van der Waals surface area contributed by atoms with E-state index in [4.69, 9.17) is 0 Å². The molecule has 1 aromatic heterocycles. The van der Waals surface area contributed by atoms with E-state index in [0.29, 0.717) is 12.4 Å². The molecule has 1 aromatic carbocycles. The van der Waals surface area contributed by atoms with Gasteiger partial charge in [0.2, 0.25) is 0 Å². The van der Waals surface area contributed by atoms with Gasteiger partial charge in [0.15, 0.2) is 0 Å². The van der Waals surface area contributed by atoms with Crippen molar-refractivity contribution in [2.45, 2.75) is 13.5 Å². The van der Waals surface area contributed by atoms with Gasteiger partial charge in [-0.2, -0.15) is 0 Å².